The topological polar surface area (TPSA) is 79.0 Å². The van der Waals surface area contributed by atoms with E-state index in [1.807, 2.05) is 86.3 Å². The SMILES string of the molecule is CC(C)(C)C(=O)N[C@H](Cc1ccccc1)C(=O)N1CC2(CCN(C(=O)OCc3ccccc3)CC2)C1. The Morgan fingerprint density at radius 3 is 2.00 bits per heavy atom. The Bertz CT molecular complexity index is 1050. The summed E-state index contributed by atoms with van der Waals surface area (Å²) in [5.74, 6) is -0.166. The molecule has 0 saturated carbocycles. The zero-order valence-corrected chi connectivity index (χ0v) is 21.5. The summed E-state index contributed by atoms with van der Waals surface area (Å²) >= 11 is 0. The van der Waals surface area contributed by atoms with E-state index in [-0.39, 0.29) is 29.9 Å². The van der Waals surface area contributed by atoms with Crippen LogP contribution in [0.15, 0.2) is 60.7 Å². The minimum absolute atomic E-state index is 0.0354. The molecule has 2 heterocycles. The van der Waals surface area contributed by atoms with Crippen LogP contribution < -0.4 is 5.32 Å². The van der Waals surface area contributed by atoms with Gasteiger partial charge in [0.15, 0.2) is 0 Å². The maximum Gasteiger partial charge on any atom is 0.410 e. The average Bonchev–Trinajstić information content (AvgIpc) is 2.85. The second-order valence-electron chi connectivity index (χ2n) is 11.2. The molecule has 1 spiro atoms. The molecule has 2 aromatic carbocycles. The van der Waals surface area contributed by atoms with Gasteiger partial charge in [-0.1, -0.05) is 81.4 Å². The maximum atomic E-state index is 13.4. The summed E-state index contributed by atoms with van der Waals surface area (Å²) in [6, 6.07) is 18.9. The Labute approximate surface area is 213 Å². The first-order valence-electron chi connectivity index (χ1n) is 12.7. The summed E-state index contributed by atoms with van der Waals surface area (Å²) in [4.78, 5) is 42.3. The molecule has 1 atom stereocenters. The molecule has 0 bridgehead atoms. The van der Waals surface area contributed by atoms with Crippen molar-refractivity contribution in [1.82, 2.24) is 15.1 Å². The number of hydrogen-bond acceptors (Lipinski definition) is 4. The molecule has 2 aliphatic rings. The minimum Gasteiger partial charge on any atom is -0.445 e. The fraction of sp³-hybridized carbons (Fsp3) is 0.483. The van der Waals surface area contributed by atoms with Crippen molar-refractivity contribution < 1.29 is 19.1 Å². The fourth-order valence-corrected chi connectivity index (χ4v) is 4.85. The number of amides is 3. The number of nitrogens with zero attached hydrogens (tertiary/aromatic N) is 2. The van der Waals surface area contributed by atoms with Gasteiger partial charge in [-0.2, -0.15) is 0 Å². The first kappa shape index (κ1) is 25.7. The number of benzene rings is 2. The Morgan fingerprint density at radius 1 is 0.889 bits per heavy atom. The van der Waals surface area contributed by atoms with Crippen LogP contribution in [0.1, 0.15) is 44.7 Å². The van der Waals surface area contributed by atoms with Crippen molar-refractivity contribution >= 4 is 17.9 Å². The molecule has 2 fully saturated rings. The molecule has 192 valence electrons. The third kappa shape index (κ3) is 6.25. The second-order valence-corrected chi connectivity index (χ2v) is 11.2. The number of rotatable bonds is 6. The van der Waals surface area contributed by atoms with Gasteiger partial charge in [0.25, 0.3) is 0 Å². The average molecular weight is 492 g/mol. The summed E-state index contributed by atoms with van der Waals surface area (Å²) in [6.45, 7) is 8.40. The van der Waals surface area contributed by atoms with Crippen LogP contribution in [0, 0.1) is 10.8 Å². The Kier molecular flexibility index (Phi) is 7.67. The molecule has 3 amide bonds. The number of ether oxygens (including phenoxy) is 1. The number of piperidine rings is 1. The summed E-state index contributed by atoms with van der Waals surface area (Å²) in [6.07, 6.45) is 1.87. The molecule has 1 N–H and O–H groups in total. The van der Waals surface area contributed by atoms with Crippen molar-refractivity contribution in [3.05, 3.63) is 71.8 Å². The van der Waals surface area contributed by atoms with Crippen molar-refractivity contribution in [3.63, 3.8) is 0 Å². The molecule has 2 saturated heterocycles. The monoisotopic (exact) mass is 491 g/mol. The lowest BCUT2D eigenvalue weighted by molar-refractivity contribution is -0.151. The van der Waals surface area contributed by atoms with Crippen LogP contribution in [-0.2, 0) is 27.4 Å². The van der Waals surface area contributed by atoms with E-state index in [2.05, 4.69) is 5.32 Å². The number of nitrogens with one attached hydrogen (secondary N) is 1. The van der Waals surface area contributed by atoms with Crippen LogP contribution in [0.2, 0.25) is 0 Å². The van der Waals surface area contributed by atoms with Crippen LogP contribution >= 0.6 is 0 Å². The molecule has 7 nitrogen and oxygen atoms in total. The molecule has 0 aromatic heterocycles. The van der Waals surface area contributed by atoms with Gasteiger partial charge in [-0.25, -0.2) is 4.79 Å². The zero-order chi connectivity index (χ0) is 25.8. The van der Waals surface area contributed by atoms with Crippen LogP contribution in [0.5, 0.6) is 0 Å². The van der Waals surface area contributed by atoms with Crippen LogP contribution in [0.3, 0.4) is 0 Å². The van der Waals surface area contributed by atoms with E-state index in [0.29, 0.717) is 32.6 Å². The maximum absolute atomic E-state index is 13.4. The highest BCUT2D eigenvalue weighted by molar-refractivity contribution is 5.90. The van der Waals surface area contributed by atoms with Gasteiger partial charge in [0.1, 0.15) is 12.6 Å². The fourth-order valence-electron chi connectivity index (χ4n) is 4.85. The van der Waals surface area contributed by atoms with Crippen molar-refractivity contribution in [2.75, 3.05) is 26.2 Å². The molecule has 7 heteroatoms. The van der Waals surface area contributed by atoms with E-state index in [4.69, 9.17) is 4.74 Å². The molecule has 4 rings (SSSR count). The van der Waals surface area contributed by atoms with Crippen LogP contribution in [0.25, 0.3) is 0 Å². The summed E-state index contributed by atoms with van der Waals surface area (Å²) < 4.78 is 5.48. The number of carbonyl (C=O) groups excluding carboxylic acids is 3. The largest absolute Gasteiger partial charge is 0.445 e. The van der Waals surface area contributed by atoms with E-state index in [1.54, 1.807) is 4.90 Å². The standard InChI is InChI=1S/C29H37N3O4/c1-28(2,3)26(34)30-24(18-22-10-6-4-7-11-22)25(33)32-20-29(21-32)14-16-31(17-15-29)27(35)36-19-23-12-8-5-9-13-23/h4-13,24H,14-21H2,1-3H3,(H,30,34)/t24-/m1/s1. The lowest BCUT2D eigenvalue weighted by Gasteiger charge is -2.54. The summed E-state index contributed by atoms with van der Waals surface area (Å²) in [5.41, 5.74) is 1.45. The van der Waals surface area contributed by atoms with Crippen molar-refractivity contribution in [2.24, 2.45) is 10.8 Å². The Balaban J connectivity index is 1.30. The third-order valence-electron chi connectivity index (χ3n) is 7.22. The molecule has 0 aliphatic carbocycles. The number of hydrogen-bond donors (Lipinski definition) is 1. The highest BCUT2D eigenvalue weighted by Gasteiger charge is 2.48. The van der Waals surface area contributed by atoms with Gasteiger partial charge in [-0.3, -0.25) is 9.59 Å². The Morgan fingerprint density at radius 2 is 1.44 bits per heavy atom. The van der Waals surface area contributed by atoms with E-state index < -0.39 is 11.5 Å². The summed E-state index contributed by atoms with van der Waals surface area (Å²) in [5, 5.41) is 3.00. The molecular weight excluding hydrogens is 454 g/mol. The molecule has 0 radical (unpaired) electrons. The van der Waals surface area contributed by atoms with E-state index in [9.17, 15) is 14.4 Å². The third-order valence-corrected chi connectivity index (χ3v) is 7.22. The molecule has 0 unspecified atom stereocenters. The van der Waals surface area contributed by atoms with E-state index in [1.165, 1.54) is 0 Å². The van der Waals surface area contributed by atoms with E-state index in [0.717, 1.165) is 24.0 Å². The van der Waals surface area contributed by atoms with Gasteiger partial charge in [0.05, 0.1) is 0 Å². The van der Waals surface area contributed by atoms with Crippen molar-refractivity contribution in [1.29, 1.82) is 0 Å². The normalized spacial score (nSPS) is 17.8. The molecule has 36 heavy (non-hydrogen) atoms. The molecule has 2 aliphatic heterocycles. The predicted molar refractivity (Wildman–Crippen MR) is 138 cm³/mol. The summed E-state index contributed by atoms with van der Waals surface area (Å²) in [7, 11) is 0. The van der Waals surface area contributed by atoms with Gasteiger partial charge < -0.3 is 19.9 Å². The quantitative estimate of drug-likeness (QED) is 0.662. The Hall–Kier alpha value is -3.35. The van der Waals surface area contributed by atoms with Gasteiger partial charge in [-0.15, -0.1) is 0 Å². The second kappa shape index (κ2) is 10.7. The number of likely N-dealkylation sites (tertiary alicyclic amines) is 2. The smallest absolute Gasteiger partial charge is 0.410 e. The first-order valence-corrected chi connectivity index (χ1v) is 12.7. The van der Waals surface area contributed by atoms with Gasteiger partial charge in [0, 0.05) is 43.4 Å². The van der Waals surface area contributed by atoms with Gasteiger partial charge in [-0.05, 0) is 24.0 Å². The highest BCUT2D eigenvalue weighted by atomic mass is 16.6. The zero-order valence-electron chi connectivity index (χ0n) is 21.5. The van der Waals surface area contributed by atoms with Gasteiger partial charge in [0.2, 0.25) is 11.8 Å². The predicted octanol–water partition coefficient (Wildman–Crippen LogP) is 4.02. The van der Waals surface area contributed by atoms with Gasteiger partial charge >= 0.3 is 6.09 Å². The highest BCUT2D eigenvalue weighted by Crippen LogP contribution is 2.41. The van der Waals surface area contributed by atoms with Crippen LogP contribution in [0.4, 0.5) is 4.79 Å². The van der Waals surface area contributed by atoms with E-state index >= 15 is 0 Å². The minimum atomic E-state index is -0.593. The lowest BCUT2D eigenvalue weighted by Crippen LogP contribution is -2.65. The van der Waals surface area contributed by atoms with Crippen molar-refractivity contribution in [2.45, 2.75) is 52.7 Å². The molecular formula is C29H37N3O4. The molecule has 2 aromatic rings. The van der Waals surface area contributed by atoms with Crippen molar-refractivity contribution in [3.8, 4) is 0 Å². The first-order chi connectivity index (χ1) is 17.2. The lowest BCUT2D eigenvalue weighted by atomic mass is 9.71. The number of carbonyl (C=O) groups is 3. The van der Waals surface area contributed by atoms with Crippen LogP contribution in [-0.4, -0.2) is 59.9 Å².